The smallest absolute Gasteiger partial charge is 0.456 e. The van der Waals surface area contributed by atoms with E-state index in [9.17, 15) is 0 Å². The lowest BCUT2D eigenvalue weighted by Crippen LogP contribution is -2.41. The predicted molar refractivity (Wildman–Crippen MR) is 450 cm³/mol. The summed E-state index contributed by atoms with van der Waals surface area (Å²) < 4.78 is 57.4. The molecular formula is C96H81B3O9. The Labute approximate surface area is 628 Å². The Balaban J connectivity index is 0.000000110. The van der Waals surface area contributed by atoms with E-state index in [1.807, 2.05) is 12.1 Å². The molecule has 0 saturated carbocycles. The monoisotopic (exact) mass is 1410 g/mol. The Hall–Kier alpha value is -10.8. The maximum absolute atomic E-state index is 6.57. The molecule has 108 heavy (non-hydrogen) atoms. The second-order valence-corrected chi connectivity index (χ2v) is 32.6. The number of para-hydroxylation sites is 1. The molecule has 6 heterocycles. The Morgan fingerprint density at radius 3 is 1.27 bits per heavy atom. The molecule has 3 saturated heterocycles. The summed E-state index contributed by atoms with van der Waals surface area (Å²) in [4.78, 5) is 0. The maximum atomic E-state index is 6.57. The molecule has 0 aliphatic carbocycles. The summed E-state index contributed by atoms with van der Waals surface area (Å²) in [5.41, 5.74) is 13.1. The van der Waals surface area contributed by atoms with Gasteiger partial charge < -0.3 is 41.2 Å². The van der Waals surface area contributed by atoms with Crippen molar-refractivity contribution in [3.8, 4) is 33.4 Å². The zero-order chi connectivity index (χ0) is 74.0. The summed E-state index contributed by atoms with van der Waals surface area (Å²) in [6.07, 6.45) is 0. The van der Waals surface area contributed by atoms with Crippen molar-refractivity contribution >= 4 is 168 Å². The average molecular weight is 1410 g/mol. The van der Waals surface area contributed by atoms with Crippen LogP contribution in [0.1, 0.15) is 83.1 Å². The van der Waals surface area contributed by atoms with Crippen LogP contribution in [0.25, 0.3) is 164 Å². The third-order valence-corrected chi connectivity index (χ3v) is 24.2. The van der Waals surface area contributed by atoms with Gasteiger partial charge in [0.25, 0.3) is 0 Å². The lowest BCUT2D eigenvalue weighted by molar-refractivity contribution is 0.00578. The van der Waals surface area contributed by atoms with Crippen LogP contribution in [0.2, 0.25) is 0 Å². The first kappa shape index (κ1) is 67.8. The molecule has 528 valence electrons. The largest absolute Gasteiger partial charge is 0.496 e. The van der Waals surface area contributed by atoms with E-state index in [2.05, 4.69) is 344 Å². The second-order valence-electron chi connectivity index (χ2n) is 32.6. The fourth-order valence-corrected chi connectivity index (χ4v) is 16.0. The first-order chi connectivity index (χ1) is 51.9. The molecule has 0 amide bonds. The molecule has 15 aromatic carbocycles. The SMILES string of the molecule is CC1(C)OB(c2c(-c3ccc4oc5cc6ccccc6cc5c4c3)ccc3ccccc23)OC1(C)C.CC1(C)OB(c2cc(-c3cccc4oc5cc6ccccc6cc5c34)cc3ccccc23)OC1(C)C.CC1(C)OB(c2ccc3ccc(-c4ccc5cc6oc7ccccc7c6cc5c4)cc3c2)OC1(C)C. The van der Waals surface area contributed by atoms with Crippen molar-refractivity contribution in [2.45, 2.75) is 117 Å². The Kier molecular flexibility index (Phi) is 15.6. The van der Waals surface area contributed by atoms with Crippen molar-refractivity contribution < 1.29 is 41.2 Å². The minimum atomic E-state index is -0.461. The van der Waals surface area contributed by atoms with Gasteiger partial charge in [0.1, 0.15) is 33.5 Å². The average Bonchev–Trinajstić information content (AvgIpc) is 1.55. The van der Waals surface area contributed by atoms with Gasteiger partial charge in [0.2, 0.25) is 0 Å². The number of benzene rings is 15. The minimum absolute atomic E-state index is 0.356. The number of rotatable bonds is 6. The van der Waals surface area contributed by atoms with Crippen molar-refractivity contribution in [3.63, 3.8) is 0 Å². The van der Waals surface area contributed by atoms with Gasteiger partial charge in [-0.1, -0.05) is 194 Å². The highest BCUT2D eigenvalue weighted by Crippen LogP contribution is 2.45. The number of furan rings is 3. The molecule has 3 aliphatic rings. The van der Waals surface area contributed by atoms with Crippen molar-refractivity contribution in [1.29, 1.82) is 0 Å². The van der Waals surface area contributed by atoms with Crippen LogP contribution in [0.15, 0.2) is 286 Å². The van der Waals surface area contributed by atoms with Gasteiger partial charge in [0.15, 0.2) is 0 Å². The maximum Gasteiger partial charge on any atom is 0.496 e. The summed E-state index contributed by atoms with van der Waals surface area (Å²) in [6, 6.07) is 96.6. The molecule has 0 unspecified atom stereocenters. The molecule has 9 nitrogen and oxygen atoms in total. The van der Waals surface area contributed by atoms with Crippen molar-refractivity contribution in [2.24, 2.45) is 0 Å². The molecule has 0 radical (unpaired) electrons. The summed E-state index contributed by atoms with van der Waals surface area (Å²) in [5, 5.41) is 21.0. The molecule has 0 N–H and O–H groups in total. The van der Waals surface area contributed by atoms with E-state index >= 15 is 0 Å². The number of fused-ring (bicyclic) bond motifs is 15. The van der Waals surface area contributed by atoms with Crippen LogP contribution < -0.4 is 16.4 Å². The first-order valence-electron chi connectivity index (χ1n) is 37.6. The first-order valence-corrected chi connectivity index (χ1v) is 37.6. The molecule has 21 rings (SSSR count). The van der Waals surface area contributed by atoms with Crippen molar-refractivity contribution in [1.82, 2.24) is 0 Å². The zero-order valence-corrected chi connectivity index (χ0v) is 62.9. The van der Waals surface area contributed by atoms with Crippen LogP contribution in [0.5, 0.6) is 0 Å². The summed E-state index contributed by atoms with van der Waals surface area (Å²) in [6.45, 7) is 25.2. The summed E-state index contributed by atoms with van der Waals surface area (Å²) in [7, 11) is -1.27. The summed E-state index contributed by atoms with van der Waals surface area (Å²) >= 11 is 0. The Morgan fingerprint density at radius 2 is 0.630 bits per heavy atom. The van der Waals surface area contributed by atoms with E-state index in [4.69, 9.17) is 41.2 Å². The van der Waals surface area contributed by atoms with E-state index in [-0.39, 0.29) is 18.3 Å². The lowest BCUT2D eigenvalue weighted by atomic mass is 9.71. The van der Waals surface area contributed by atoms with Gasteiger partial charge in [-0.25, -0.2) is 0 Å². The molecule has 3 aliphatic heterocycles. The van der Waals surface area contributed by atoms with Crippen LogP contribution in [-0.4, -0.2) is 55.0 Å². The fraction of sp³-hybridized carbons (Fsp3) is 0.188. The van der Waals surface area contributed by atoms with Crippen LogP contribution in [-0.2, 0) is 27.9 Å². The van der Waals surface area contributed by atoms with E-state index in [1.165, 1.54) is 59.6 Å². The van der Waals surface area contributed by atoms with Crippen molar-refractivity contribution in [2.75, 3.05) is 0 Å². The predicted octanol–water partition coefficient (Wildman–Crippen LogP) is 23.6. The molecule has 0 bridgehead atoms. The van der Waals surface area contributed by atoms with E-state index < -0.39 is 36.6 Å². The van der Waals surface area contributed by atoms with Gasteiger partial charge in [-0.05, 0) is 276 Å². The van der Waals surface area contributed by atoms with Crippen LogP contribution in [0.4, 0.5) is 0 Å². The van der Waals surface area contributed by atoms with Gasteiger partial charge in [-0.3, -0.25) is 0 Å². The molecule has 12 heteroatoms. The Bertz CT molecular complexity index is 6660. The topological polar surface area (TPSA) is 94.8 Å². The van der Waals surface area contributed by atoms with E-state index in [0.29, 0.717) is 0 Å². The van der Waals surface area contributed by atoms with Crippen LogP contribution in [0.3, 0.4) is 0 Å². The highest BCUT2D eigenvalue weighted by atomic mass is 16.7. The molecule has 0 atom stereocenters. The number of hydrogen-bond acceptors (Lipinski definition) is 9. The van der Waals surface area contributed by atoms with Crippen LogP contribution >= 0.6 is 0 Å². The fourth-order valence-electron chi connectivity index (χ4n) is 16.0. The molecule has 3 fully saturated rings. The van der Waals surface area contributed by atoms with Crippen LogP contribution in [0, 0.1) is 0 Å². The quantitative estimate of drug-likeness (QED) is 0.151. The number of hydrogen-bond donors (Lipinski definition) is 0. The lowest BCUT2D eigenvalue weighted by Gasteiger charge is -2.32. The highest BCUT2D eigenvalue weighted by Gasteiger charge is 2.55. The van der Waals surface area contributed by atoms with Gasteiger partial charge in [-0.15, -0.1) is 0 Å². The second kappa shape index (κ2) is 24.9. The summed E-state index contributed by atoms with van der Waals surface area (Å²) in [5.74, 6) is 0. The molecule has 3 aromatic heterocycles. The molecule has 18 aromatic rings. The third-order valence-electron chi connectivity index (χ3n) is 24.2. The van der Waals surface area contributed by atoms with Gasteiger partial charge in [0.05, 0.1) is 33.6 Å². The van der Waals surface area contributed by atoms with E-state index in [0.717, 1.165) is 121 Å². The van der Waals surface area contributed by atoms with Gasteiger partial charge >= 0.3 is 21.4 Å². The third kappa shape index (κ3) is 11.4. The minimum Gasteiger partial charge on any atom is -0.456 e. The Morgan fingerprint density at radius 1 is 0.213 bits per heavy atom. The zero-order valence-electron chi connectivity index (χ0n) is 62.9. The van der Waals surface area contributed by atoms with Gasteiger partial charge in [-0.2, -0.15) is 0 Å². The van der Waals surface area contributed by atoms with Gasteiger partial charge in [0, 0.05) is 32.3 Å². The molecular weight excluding hydrogens is 1330 g/mol. The molecule has 0 spiro atoms. The normalized spacial score (nSPS) is 17.1. The highest BCUT2D eigenvalue weighted by molar-refractivity contribution is 6.67. The van der Waals surface area contributed by atoms with E-state index in [1.54, 1.807) is 0 Å². The van der Waals surface area contributed by atoms with Crippen molar-refractivity contribution in [3.05, 3.63) is 273 Å². The standard InChI is InChI=1S/3C32H27BO3/c1-31(2)32(3,4)36-33(35-31)27-18-23(16-22-12-7-8-13-24(22)27)25-14-9-15-28-30(25)26-17-20-10-5-6-11-21(20)19-29(26)34-28;1-31(2)32(3,4)36-33(35-31)30-24-12-8-7-9-20(24)13-15-25(30)23-14-16-28-26(18-23)27-17-21-10-5-6-11-22(21)19-29(27)34-28;1-31(2)32(3,4)36-33(35-31)26-14-13-20-9-10-21(15-24(20)17-26)22-11-12-23-19-30-28(18-25(23)16-22)27-7-5-6-8-29(27)34-30/h3*5-19H,1-4H3.